The Kier molecular flexibility index (Phi) is 3.32. The second-order valence-electron chi connectivity index (χ2n) is 5.17. The van der Waals surface area contributed by atoms with Crippen LogP contribution >= 0.6 is 11.3 Å². The number of rotatable bonds is 1. The summed E-state index contributed by atoms with van der Waals surface area (Å²) in [6.45, 7) is -0.224. The van der Waals surface area contributed by atoms with Crippen molar-refractivity contribution in [1.29, 1.82) is 0 Å². The Morgan fingerprint density at radius 1 is 1.40 bits per heavy atom. The van der Waals surface area contributed by atoms with Crippen molar-refractivity contribution in [2.45, 2.75) is 32.1 Å². The summed E-state index contributed by atoms with van der Waals surface area (Å²) in [6.07, 6.45) is 5.47. The van der Waals surface area contributed by atoms with Crippen LogP contribution in [0.5, 0.6) is 0 Å². The number of imide groups is 1. The quantitative estimate of drug-likeness (QED) is 0.625. The molecule has 0 unspecified atom stereocenters. The Labute approximate surface area is 120 Å². The lowest BCUT2D eigenvalue weighted by Gasteiger charge is -2.19. The van der Waals surface area contributed by atoms with E-state index < -0.39 is 5.41 Å². The van der Waals surface area contributed by atoms with Crippen LogP contribution in [0, 0.1) is 17.3 Å². The summed E-state index contributed by atoms with van der Waals surface area (Å²) < 4.78 is 0. The number of anilines is 1. The summed E-state index contributed by atoms with van der Waals surface area (Å²) in [4.78, 5) is 30.7. The standard InChI is InChI=1S/C14H14N2O3S/c17-7-3-4-10-9-15-13(20-10)16-11(18)8-14(12(16)19)5-1-2-6-14/h9,17H,1-2,5-8H2. The predicted molar refractivity (Wildman–Crippen MR) is 74.1 cm³/mol. The van der Waals surface area contributed by atoms with E-state index in [1.165, 1.54) is 22.4 Å². The lowest BCUT2D eigenvalue weighted by atomic mass is 9.85. The van der Waals surface area contributed by atoms with Gasteiger partial charge in [0, 0.05) is 6.42 Å². The van der Waals surface area contributed by atoms with Gasteiger partial charge < -0.3 is 5.11 Å². The zero-order valence-electron chi connectivity index (χ0n) is 10.9. The molecule has 3 rings (SSSR count). The summed E-state index contributed by atoms with van der Waals surface area (Å²) in [5.41, 5.74) is -0.473. The second-order valence-corrected chi connectivity index (χ2v) is 6.17. The third kappa shape index (κ3) is 2.03. The average molecular weight is 290 g/mol. The van der Waals surface area contributed by atoms with Gasteiger partial charge in [0.15, 0.2) is 5.13 Å². The maximum atomic E-state index is 12.6. The number of hydrogen-bond donors (Lipinski definition) is 1. The third-order valence-corrected chi connectivity index (χ3v) is 4.83. The largest absolute Gasteiger partial charge is 0.384 e. The fourth-order valence-corrected chi connectivity index (χ4v) is 3.79. The molecule has 0 aromatic carbocycles. The molecule has 20 heavy (non-hydrogen) atoms. The minimum atomic E-state index is -0.473. The minimum Gasteiger partial charge on any atom is -0.384 e. The molecule has 1 saturated carbocycles. The molecular formula is C14H14N2O3S. The maximum Gasteiger partial charge on any atom is 0.242 e. The SMILES string of the molecule is O=C1CC2(CCCC2)C(=O)N1c1ncc(C#CCO)s1. The number of carbonyl (C=O) groups is 2. The van der Waals surface area contributed by atoms with E-state index in [4.69, 9.17) is 5.11 Å². The Morgan fingerprint density at radius 3 is 2.85 bits per heavy atom. The van der Waals surface area contributed by atoms with Crippen LogP contribution in [0.25, 0.3) is 0 Å². The van der Waals surface area contributed by atoms with Crippen molar-refractivity contribution in [3.8, 4) is 11.8 Å². The first-order chi connectivity index (χ1) is 9.66. The van der Waals surface area contributed by atoms with Crippen molar-refractivity contribution in [3.05, 3.63) is 11.1 Å². The molecule has 0 radical (unpaired) electrons. The van der Waals surface area contributed by atoms with Gasteiger partial charge in [-0.05, 0) is 12.8 Å². The maximum absolute atomic E-state index is 12.6. The summed E-state index contributed by atoms with van der Waals surface area (Å²) in [7, 11) is 0. The zero-order valence-corrected chi connectivity index (χ0v) is 11.7. The zero-order chi connectivity index (χ0) is 14.2. The molecule has 104 valence electrons. The van der Waals surface area contributed by atoms with E-state index in [0.717, 1.165) is 25.7 Å². The van der Waals surface area contributed by atoms with Crippen LogP contribution in [0.2, 0.25) is 0 Å². The molecule has 1 spiro atoms. The van der Waals surface area contributed by atoms with Crippen molar-refractivity contribution in [3.63, 3.8) is 0 Å². The summed E-state index contributed by atoms with van der Waals surface area (Å²) in [5, 5.41) is 9.06. The minimum absolute atomic E-state index is 0.101. The van der Waals surface area contributed by atoms with E-state index in [1.54, 1.807) is 0 Å². The Balaban J connectivity index is 1.88. The van der Waals surface area contributed by atoms with Gasteiger partial charge in [-0.15, -0.1) is 0 Å². The Hall–Kier alpha value is -1.71. The third-order valence-electron chi connectivity index (χ3n) is 3.93. The van der Waals surface area contributed by atoms with Crippen molar-refractivity contribution in [2.75, 3.05) is 11.5 Å². The van der Waals surface area contributed by atoms with E-state index in [2.05, 4.69) is 16.8 Å². The van der Waals surface area contributed by atoms with Gasteiger partial charge >= 0.3 is 0 Å². The highest BCUT2D eigenvalue weighted by atomic mass is 32.1. The molecule has 1 aromatic rings. The number of nitrogens with zero attached hydrogens (tertiary/aromatic N) is 2. The first kappa shape index (κ1) is 13.3. The molecular weight excluding hydrogens is 276 g/mol. The molecule has 5 nitrogen and oxygen atoms in total. The van der Waals surface area contributed by atoms with E-state index in [1.807, 2.05) is 0 Å². The molecule has 1 saturated heterocycles. The van der Waals surface area contributed by atoms with Gasteiger partial charge in [0.1, 0.15) is 6.61 Å². The highest BCUT2D eigenvalue weighted by molar-refractivity contribution is 7.16. The average Bonchev–Trinajstić information content (AvgIpc) is 3.11. The molecule has 6 heteroatoms. The van der Waals surface area contributed by atoms with Gasteiger partial charge in [0.25, 0.3) is 0 Å². The monoisotopic (exact) mass is 290 g/mol. The first-order valence-electron chi connectivity index (χ1n) is 6.59. The number of thiazole rings is 1. The first-order valence-corrected chi connectivity index (χ1v) is 7.41. The van der Waals surface area contributed by atoms with E-state index in [-0.39, 0.29) is 18.4 Å². The predicted octanol–water partition coefficient (Wildman–Crippen LogP) is 1.31. The van der Waals surface area contributed by atoms with Crippen molar-refractivity contribution < 1.29 is 14.7 Å². The molecule has 1 N–H and O–H groups in total. The molecule has 1 aliphatic heterocycles. The fraction of sp³-hybridized carbons (Fsp3) is 0.500. The molecule has 2 amide bonds. The lowest BCUT2D eigenvalue weighted by molar-refractivity contribution is -0.125. The number of hydrogen-bond acceptors (Lipinski definition) is 5. The number of carbonyl (C=O) groups excluding carboxylic acids is 2. The van der Waals surface area contributed by atoms with Gasteiger partial charge in [-0.3, -0.25) is 9.59 Å². The van der Waals surface area contributed by atoms with Gasteiger partial charge in [0.05, 0.1) is 16.5 Å². The van der Waals surface area contributed by atoms with Crippen LogP contribution in [0.4, 0.5) is 5.13 Å². The summed E-state index contributed by atoms with van der Waals surface area (Å²) >= 11 is 1.21. The van der Waals surface area contributed by atoms with Crippen molar-refractivity contribution >= 4 is 28.3 Å². The van der Waals surface area contributed by atoms with Gasteiger partial charge in [-0.25, -0.2) is 9.88 Å². The number of aromatic nitrogens is 1. The molecule has 2 fully saturated rings. The van der Waals surface area contributed by atoms with Crippen LogP contribution in [-0.4, -0.2) is 28.5 Å². The molecule has 0 bridgehead atoms. The van der Waals surface area contributed by atoms with Gasteiger partial charge in [0.2, 0.25) is 11.8 Å². The van der Waals surface area contributed by atoms with Crippen molar-refractivity contribution in [2.24, 2.45) is 5.41 Å². The smallest absolute Gasteiger partial charge is 0.242 e. The van der Waals surface area contributed by atoms with Crippen LogP contribution in [-0.2, 0) is 9.59 Å². The molecule has 2 aliphatic rings. The number of aliphatic hydroxyl groups excluding tert-OH is 1. The van der Waals surface area contributed by atoms with Gasteiger partial charge in [-0.2, -0.15) is 0 Å². The van der Waals surface area contributed by atoms with Crippen LogP contribution in [0.15, 0.2) is 6.20 Å². The topological polar surface area (TPSA) is 70.5 Å². The highest BCUT2D eigenvalue weighted by Crippen LogP contribution is 2.48. The van der Waals surface area contributed by atoms with E-state index in [9.17, 15) is 9.59 Å². The summed E-state index contributed by atoms with van der Waals surface area (Å²) in [6, 6.07) is 0. The second kappa shape index (κ2) is 5.00. The number of aliphatic hydroxyl groups is 1. The normalized spacial score (nSPS) is 20.6. The van der Waals surface area contributed by atoms with E-state index >= 15 is 0 Å². The highest BCUT2D eigenvalue weighted by Gasteiger charge is 2.53. The molecule has 2 heterocycles. The summed E-state index contributed by atoms with van der Waals surface area (Å²) in [5.74, 6) is 5.00. The van der Waals surface area contributed by atoms with Crippen LogP contribution < -0.4 is 4.90 Å². The van der Waals surface area contributed by atoms with Crippen molar-refractivity contribution in [1.82, 2.24) is 4.98 Å². The molecule has 0 atom stereocenters. The number of amides is 2. The van der Waals surface area contributed by atoms with Gasteiger partial charge in [-0.1, -0.05) is 36.0 Å². The molecule has 1 aliphatic carbocycles. The Morgan fingerprint density at radius 2 is 2.15 bits per heavy atom. The molecule has 1 aromatic heterocycles. The van der Waals surface area contributed by atoms with E-state index in [0.29, 0.717) is 16.4 Å². The lowest BCUT2D eigenvalue weighted by Crippen LogP contribution is -2.34. The fourth-order valence-electron chi connectivity index (χ4n) is 2.98. The van der Waals surface area contributed by atoms with Crippen LogP contribution in [0.1, 0.15) is 37.0 Å². The van der Waals surface area contributed by atoms with Crippen LogP contribution in [0.3, 0.4) is 0 Å². The Bertz CT molecular complexity index is 620.